The molecule has 732 valence electrons. The first-order chi connectivity index (χ1) is 62.9. The van der Waals surface area contributed by atoms with Gasteiger partial charge in [-0.1, -0.05) is 77.1 Å². The van der Waals surface area contributed by atoms with E-state index in [1.54, 1.807) is 47.4 Å². The number of anilines is 1. The second-order valence-corrected chi connectivity index (χ2v) is 36.6. The zero-order valence-electron chi connectivity index (χ0n) is 78.5. The van der Waals surface area contributed by atoms with Crippen LogP contribution in [0.5, 0.6) is 5.75 Å². The minimum atomic E-state index is -4.19. The van der Waals surface area contributed by atoms with Gasteiger partial charge in [0.25, 0.3) is 17.6 Å². The number of hydrogen-bond donors (Lipinski definition) is 5. The van der Waals surface area contributed by atoms with Gasteiger partial charge in [-0.25, -0.2) is 27.4 Å². The molecule has 33 nitrogen and oxygen atoms in total. The van der Waals surface area contributed by atoms with Crippen molar-refractivity contribution in [2.24, 2.45) is 35.5 Å². The number of rotatable bonds is 41. The standard InChI is InChI=1S/C96H143FN6O27S/c1-63-18-14-13-15-19-64(2)80(115-9)59-75-25-21-69(7)96(112,130-75)91(107)93(109)103-34-17-16-20-77(103)94(110)128-82(60-81(116-10)65(3)55-68(6)89(106)90(118-12)88(105)67(5)54-63)66(4)56-71-22-27-79(83(57-71)117-11)129-95(111)100-32-37-120-40-42-122-44-46-124-48-50-126-52-51-125-49-47-123-45-43-121-41-39-119-36-31-86(104)99-33-53-131(113,114)84-29-26-76(70(8)87(84)97)92(108)102-35-38-127-78-28-23-72(58-74(78)62-102)73-24-30-85(98)101-61-73/h13-15,18-19,23-24,26,28-30,55,58,61,63,65-67,69,71,75,77,79-83,89-90,106,112H,16-17,20-22,25,27,31-54,56-57,59-60,62H2,1-12H3,(H2,98,101)(H,99,104)(H,100,111)/b15-13?,18-14+,64-19?,68-55+/t63-,65-,66-,67-,69-,71+,75+,77+,79-,80+,81-,82+,83-,89-,90+,96-/m1/s1. The second-order valence-electron chi connectivity index (χ2n) is 34.5. The topological polar surface area (TPSA) is 411 Å². The fourth-order valence-electron chi connectivity index (χ4n) is 17.0. The highest BCUT2D eigenvalue weighted by Crippen LogP contribution is 2.40. The monoisotopic (exact) mass is 1860 g/mol. The molecule has 0 unspecified atom stereocenters. The number of sulfone groups is 1. The highest BCUT2D eigenvalue weighted by atomic mass is 32.2. The van der Waals surface area contributed by atoms with E-state index in [0.29, 0.717) is 154 Å². The molecule has 16 atom stereocenters. The van der Waals surface area contributed by atoms with Gasteiger partial charge >= 0.3 is 12.1 Å². The molecule has 35 heteroatoms. The number of nitrogens with two attached hydrogens (primary N) is 1. The number of alkyl carbamates (subject to hydrolysis) is 1. The van der Waals surface area contributed by atoms with Crippen LogP contribution in [0.15, 0.2) is 101 Å². The summed E-state index contributed by atoms with van der Waals surface area (Å²) >= 11 is 0. The van der Waals surface area contributed by atoms with E-state index in [4.69, 9.17) is 81.5 Å². The number of ketones is 2. The summed E-state index contributed by atoms with van der Waals surface area (Å²) in [6.07, 6.45) is 12.0. The van der Waals surface area contributed by atoms with Gasteiger partial charge in [-0.15, -0.1) is 0 Å². The SMILES string of the molecule is CO[C@H]1C[C@@H]2CC[C@@H](C)[C@@](O)(O2)C(=O)C(=O)N2CCCC[C@H]2C(=O)O[C@H]([C@H](C)C[C@@H]2CC[C@@H](OC(=O)NCCOCCOCCOCCOCCOCCOCCOCCOCCC(=O)NCCS(=O)(=O)c3ccc(C(=O)N4CCOc5ccc(-c6ccc(N)nc6)cc5C4)c(C)c3F)[C@H](OC)C2)C[C@@H](OC)[C@H](C)/C=C(\C)[C@@H](O)[C@@H](OC)C(=O)[C@H](C)C[C@H](C)/C=C/C=CC=C1C. The normalized spacial score (nSPS) is 26.4. The van der Waals surface area contributed by atoms with Gasteiger partial charge in [0.1, 0.15) is 59.3 Å². The summed E-state index contributed by atoms with van der Waals surface area (Å²) in [6, 6.07) is 10.4. The molecule has 0 radical (unpaired) electrons. The lowest BCUT2D eigenvalue weighted by molar-refractivity contribution is -0.265. The smallest absolute Gasteiger partial charge is 0.407 e. The first-order valence-electron chi connectivity index (χ1n) is 46.0. The molecule has 1 aromatic heterocycles. The van der Waals surface area contributed by atoms with E-state index in [0.717, 1.165) is 28.3 Å². The summed E-state index contributed by atoms with van der Waals surface area (Å²) in [5.74, 6) is -8.95. The number of amides is 4. The maximum absolute atomic E-state index is 15.8. The Morgan fingerprint density at radius 2 is 1.32 bits per heavy atom. The highest BCUT2D eigenvalue weighted by Gasteiger charge is 2.53. The largest absolute Gasteiger partial charge is 0.491 e. The Bertz CT molecular complexity index is 4330. The minimum absolute atomic E-state index is 0.00259. The first-order valence-corrected chi connectivity index (χ1v) is 47.7. The van der Waals surface area contributed by atoms with Crippen LogP contribution in [-0.2, 0) is 111 Å². The van der Waals surface area contributed by atoms with E-state index < -0.39 is 140 Å². The number of aliphatic hydroxyl groups excluding tert-OH is 1. The van der Waals surface area contributed by atoms with Crippen LogP contribution in [0.25, 0.3) is 11.1 Å². The molecule has 6 N–H and O–H groups in total. The number of carbonyl (C=O) groups is 7. The van der Waals surface area contributed by atoms with Crippen molar-refractivity contribution in [1.82, 2.24) is 25.4 Å². The Morgan fingerprint density at radius 1 is 0.679 bits per heavy atom. The van der Waals surface area contributed by atoms with Crippen LogP contribution in [0.1, 0.15) is 153 Å². The summed E-state index contributed by atoms with van der Waals surface area (Å²) in [6.45, 7) is 19.9. The van der Waals surface area contributed by atoms with Gasteiger partial charge in [-0.3, -0.25) is 24.0 Å². The molecular formula is C96H143FN6O27S. The fourth-order valence-corrected chi connectivity index (χ4v) is 18.3. The number of fused-ring (bicyclic) bond motifs is 4. The third-order valence-corrected chi connectivity index (χ3v) is 26.5. The molecule has 5 aliphatic rings. The van der Waals surface area contributed by atoms with Crippen molar-refractivity contribution >= 4 is 57.0 Å². The lowest BCUT2D eigenvalue weighted by atomic mass is 9.78. The van der Waals surface area contributed by atoms with Crippen molar-refractivity contribution in [1.29, 1.82) is 0 Å². The summed E-state index contributed by atoms with van der Waals surface area (Å²) in [5.41, 5.74) is 9.44. The Morgan fingerprint density at radius 3 is 1.95 bits per heavy atom. The number of allylic oxidation sites excluding steroid dienone is 5. The molecule has 8 rings (SSSR count). The van der Waals surface area contributed by atoms with Crippen molar-refractivity contribution < 1.29 is 132 Å². The van der Waals surface area contributed by atoms with Crippen LogP contribution >= 0.6 is 0 Å². The van der Waals surface area contributed by atoms with Crippen LogP contribution < -0.4 is 21.1 Å². The lowest BCUT2D eigenvalue weighted by Gasteiger charge is -2.43. The van der Waals surface area contributed by atoms with Gasteiger partial charge in [0.2, 0.25) is 11.7 Å². The molecule has 2 saturated heterocycles. The molecule has 1 aliphatic carbocycles. The molecule has 4 aliphatic heterocycles. The van der Waals surface area contributed by atoms with Gasteiger partial charge < -0.3 is 112 Å². The zero-order valence-corrected chi connectivity index (χ0v) is 79.3. The van der Waals surface area contributed by atoms with E-state index in [1.165, 1.54) is 29.9 Å². The van der Waals surface area contributed by atoms with Crippen LogP contribution in [0.2, 0.25) is 0 Å². The molecule has 4 amide bonds. The van der Waals surface area contributed by atoms with Gasteiger partial charge in [0, 0.05) is 115 Å². The first kappa shape index (κ1) is 108. The summed E-state index contributed by atoms with van der Waals surface area (Å²) in [4.78, 5) is 104. The molecular weight excluding hydrogens is 1720 g/mol. The number of carbonyl (C=O) groups excluding carboxylic acids is 7. The van der Waals surface area contributed by atoms with Crippen molar-refractivity contribution in [3.63, 3.8) is 0 Å². The molecule has 1 saturated carbocycles. The number of benzene rings is 2. The van der Waals surface area contributed by atoms with Crippen molar-refractivity contribution in [3.8, 4) is 16.9 Å². The minimum Gasteiger partial charge on any atom is -0.491 e. The van der Waals surface area contributed by atoms with E-state index in [9.17, 15) is 52.2 Å². The number of aromatic nitrogens is 1. The number of aliphatic hydroxyl groups is 2. The number of pyridine rings is 1. The van der Waals surface area contributed by atoms with E-state index in [1.807, 2.05) is 95.3 Å². The predicted octanol–water partition coefficient (Wildman–Crippen LogP) is 9.60. The third-order valence-electron chi connectivity index (χ3n) is 24.8. The number of ether oxygens (including phenoxy) is 16. The summed E-state index contributed by atoms with van der Waals surface area (Å²) in [7, 11) is 1.93. The number of Topliss-reactive ketones (excluding diaryl/α,β-unsaturated/α-hetero) is 2. The number of nitrogen functional groups attached to an aromatic ring is 1. The van der Waals surface area contributed by atoms with E-state index in [2.05, 4.69) is 15.6 Å². The number of nitrogens with zero attached hydrogens (tertiary/aromatic N) is 3. The predicted molar refractivity (Wildman–Crippen MR) is 485 cm³/mol. The van der Waals surface area contributed by atoms with Crippen molar-refractivity contribution in [2.45, 2.75) is 211 Å². The average molecular weight is 1860 g/mol. The summed E-state index contributed by atoms with van der Waals surface area (Å²) < 4.78 is 135. The molecule has 2 aromatic carbocycles. The maximum atomic E-state index is 15.8. The van der Waals surface area contributed by atoms with E-state index >= 15 is 4.39 Å². The Labute approximate surface area is 771 Å². The number of nitrogens with one attached hydrogen (secondary N) is 2. The van der Waals surface area contributed by atoms with Crippen molar-refractivity contribution in [3.05, 3.63) is 119 Å². The number of halogens is 1. The number of cyclic esters (lactones) is 1. The average Bonchev–Trinajstić information content (AvgIpc) is 1.13. The van der Waals surface area contributed by atoms with Gasteiger partial charge in [-0.2, -0.15) is 0 Å². The Kier molecular flexibility index (Phi) is 46.5. The number of piperidine rings is 1. The zero-order chi connectivity index (χ0) is 95.0. The van der Waals surface area contributed by atoms with Crippen LogP contribution in [0, 0.1) is 48.2 Å². The van der Waals surface area contributed by atoms with Gasteiger partial charge in [0.05, 0.1) is 142 Å². The highest BCUT2D eigenvalue weighted by molar-refractivity contribution is 7.91. The van der Waals surface area contributed by atoms with Crippen LogP contribution in [0.4, 0.5) is 15.0 Å². The van der Waals surface area contributed by atoms with E-state index in [-0.39, 0.29) is 126 Å². The van der Waals surface area contributed by atoms with Crippen molar-refractivity contribution in [2.75, 3.05) is 178 Å². The second kappa shape index (κ2) is 56.3. The fraction of sp³-hybridized carbons (Fsp3) is 0.667. The number of hydrogen-bond acceptors (Lipinski definition) is 29. The lowest BCUT2D eigenvalue weighted by Crippen LogP contribution is -2.61. The molecule has 3 aromatic rings. The van der Waals surface area contributed by atoms with Gasteiger partial charge in [0.15, 0.2) is 15.6 Å². The van der Waals surface area contributed by atoms with Crippen LogP contribution in [-0.4, -0.2) is 308 Å². The Hall–Kier alpha value is -8.08. The molecule has 2 bridgehead atoms. The number of esters is 1. The van der Waals surface area contributed by atoms with Gasteiger partial charge in [-0.05, 0) is 161 Å². The molecule has 3 fully saturated rings. The quantitative estimate of drug-likeness (QED) is 0.0153. The van der Waals surface area contributed by atoms with Crippen LogP contribution in [0.3, 0.4) is 0 Å². The molecule has 131 heavy (non-hydrogen) atoms. The third kappa shape index (κ3) is 34.0. The number of methoxy groups -OCH3 is 4. The summed E-state index contributed by atoms with van der Waals surface area (Å²) in [5, 5.41) is 29.3. The molecule has 5 heterocycles. The maximum Gasteiger partial charge on any atom is 0.407 e. The Balaban J connectivity index is 0.651. The molecule has 0 spiro atoms.